The number of benzene rings is 2. The molecule has 0 unspecified atom stereocenters. The van der Waals surface area contributed by atoms with E-state index in [1.807, 2.05) is 36.4 Å². The van der Waals surface area contributed by atoms with E-state index in [-0.39, 0.29) is 0 Å². The summed E-state index contributed by atoms with van der Waals surface area (Å²) in [7, 11) is 1.70. The normalized spacial score (nSPS) is 10.3. The topological polar surface area (TPSA) is 21.3 Å². The van der Waals surface area contributed by atoms with Crippen molar-refractivity contribution in [1.82, 2.24) is 0 Å². The molecule has 2 nitrogen and oxygen atoms in total. The van der Waals surface area contributed by atoms with Gasteiger partial charge in [-0.2, -0.15) is 0 Å². The summed E-state index contributed by atoms with van der Waals surface area (Å²) in [5.74, 6) is 0. The van der Waals surface area contributed by atoms with Crippen LogP contribution < -0.4 is 5.32 Å². The molecule has 0 amide bonds. The second kappa shape index (κ2) is 6.43. The number of rotatable bonds is 5. The molecule has 3 heteroatoms. The van der Waals surface area contributed by atoms with Gasteiger partial charge in [-0.1, -0.05) is 35.9 Å². The van der Waals surface area contributed by atoms with Crippen molar-refractivity contribution in [3.8, 4) is 0 Å². The molecule has 2 rings (SSSR count). The Kier molecular flexibility index (Phi) is 4.62. The maximum atomic E-state index is 5.95. The van der Waals surface area contributed by atoms with Crippen molar-refractivity contribution in [2.75, 3.05) is 12.4 Å². The molecule has 0 fully saturated rings. The largest absolute Gasteiger partial charge is 0.381 e. The summed E-state index contributed by atoms with van der Waals surface area (Å²) in [6.45, 7) is 1.39. The van der Waals surface area contributed by atoms with Crippen molar-refractivity contribution in [2.24, 2.45) is 0 Å². The highest BCUT2D eigenvalue weighted by Crippen LogP contribution is 2.15. The van der Waals surface area contributed by atoms with Crippen LogP contribution in [0.3, 0.4) is 0 Å². The van der Waals surface area contributed by atoms with E-state index in [9.17, 15) is 0 Å². The van der Waals surface area contributed by atoms with Gasteiger partial charge in [-0.3, -0.25) is 0 Å². The Morgan fingerprint density at radius 1 is 1.06 bits per heavy atom. The highest BCUT2D eigenvalue weighted by atomic mass is 35.5. The number of anilines is 1. The van der Waals surface area contributed by atoms with Crippen LogP contribution in [0, 0.1) is 0 Å². The van der Waals surface area contributed by atoms with Crippen molar-refractivity contribution in [3.05, 3.63) is 64.7 Å². The van der Waals surface area contributed by atoms with Gasteiger partial charge in [-0.05, 0) is 35.4 Å². The SMILES string of the molecule is COCc1cccc(NCc2cccc(Cl)c2)c1. The monoisotopic (exact) mass is 261 g/mol. The van der Waals surface area contributed by atoms with Gasteiger partial charge in [0.2, 0.25) is 0 Å². The van der Waals surface area contributed by atoms with Crippen LogP contribution >= 0.6 is 11.6 Å². The van der Waals surface area contributed by atoms with Gasteiger partial charge in [0.25, 0.3) is 0 Å². The Hall–Kier alpha value is -1.51. The molecule has 2 aromatic rings. The highest BCUT2D eigenvalue weighted by molar-refractivity contribution is 6.30. The lowest BCUT2D eigenvalue weighted by atomic mass is 10.2. The lowest BCUT2D eigenvalue weighted by Crippen LogP contribution is -2.00. The molecule has 0 heterocycles. The zero-order valence-corrected chi connectivity index (χ0v) is 11.1. The number of hydrogen-bond acceptors (Lipinski definition) is 2. The quantitative estimate of drug-likeness (QED) is 0.875. The number of ether oxygens (including phenoxy) is 1. The van der Waals surface area contributed by atoms with Crippen LogP contribution in [0.1, 0.15) is 11.1 Å². The molecule has 0 radical (unpaired) electrons. The third kappa shape index (κ3) is 3.76. The fraction of sp³-hybridized carbons (Fsp3) is 0.200. The molecule has 2 aromatic carbocycles. The van der Waals surface area contributed by atoms with E-state index in [1.54, 1.807) is 7.11 Å². The van der Waals surface area contributed by atoms with Crippen LogP contribution in [0.15, 0.2) is 48.5 Å². The average Bonchev–Trinajstić information content (AvgIpc) is 2.37. The molecular weight excluding hydrogens is 246 g/mol. The zero-order chi connectivity index (χ0) is 12.8. The predicted molar refractivity (Wildman–Crippen MR) is 75.9 cm³/mol. The van der Waals surface area contributed by atoms with Gasteiger partial charge >= 0.3 is 0 Å². The van der Waals surface area contributed by atoms with E-state index in [0.29, 0.717) is 6.61 Å². The van der Waals surface area contributed by atoms with Crippen molar-refractivity contribution in [1.29, 1.82) is 0 Å². The zero-order valence-electron chi connectivity index (χ0n) is 10.3. The second-order valence-corrected chi connectivity index (χ2v) is 4.55. The third-order valence-electron chi connectivity index (χ3n) is 2.62. The molecule has 0 saturated heterocycles. The predicted octanol–water partition coefficient (Wildman–Crippen LogP) is 4.10. The Balaban J connectivity index is 1.99. The summed E-state index contributed by atoms with van der Waals surface area (Å²) in [4.78, 5) is 0. The summed E-state index contributed by atoms with van der Waals surface area (Å²) in [5, 5.41) is 4.14. The van der Waals surface area contributed by atoms with Gasteiger partial charge in [0.15, 0.2) is 0 Å². The van der Waals surface area contributed by atoms with Crippen molar-refractivity contribution >= 4 is 17.3 Å². The molecule has 0 aromatic heterocycles. The molecule has 0 atom stereocenters. The fourth-order valence-corrected chi connectivity index (χ4v) is 2.00. The van der Waals surface area contributed by atoms with E-state index in [2.05, 4.69) is 17.4 Å². The van der Waals surface area contributed by atoms with Gasteiger partial charge in [-0.15, -0.1) is 0 Å². The van der Waals surface area contributed by atoms with Crippen LogP contribution in [0.5, 0.6) is 0 Å². The minimum atomic E-state index is 0.632. The van der Waals surface area contributed by atoms with Crippen molar-refractivity contribution < 1.29 is 4.74 Å². The minimum Gasteiger partial charge on any atom is -0.381 e. The summed E-state index contributed by atoms with van der Waals surface area (Å²) >= 11 is 5.95. The maximum Gasteiger partial charge on any atom is 0.0713 e. The van der Waals surface area contributed by atoms with Crippen LogP contribution in [-0.2, 0) is 17.9 Å². The molecule has 0 aliphatic heterocycles. The molecule has 94 valence electrons. The van der Waals surface area contributed by atoms with Gasteiger partial charge in [-0.25, -0.2) is 0 Å². The lowest BCUT2D eigenvalue weighted by molar-refractivity contribution is 0.185. The number of hydrogen-bond donors (Lipinski definition) is 1. The summed E-state index contributed by atoms with van der Waals surface area (Å²) < 4.78 is 5.12. The smallest absolute Gasteiger partial charge is 0.0713 e. The first-order valence-electron chi connectivity index (χ1n) is 5.84. The van der Waals surface area contributed by atoms with Gasteiger partial charge < -0.3 is 10.1 Å². The molecular formula is C15H16ClNO. The molecule has 18 heavy (non-hydrogen) atoms. The van der Waals surface area contributed by atoms with Crippen LogP contribution in [-0.4, -0.2) is 7.11 Å². The van der Waals surface area contributed by atoms with E-state index in [0.717, 1.165) is 22.8 Å². The van der Waals surface area contributed by atoms with Crippen LogP contribution in [0.4, 0.5) is 5.69 Å². The van der Waals surface area contributed by atoms with Crippen molar-refractivity contribution in [3.63, 3.8) is 0 Å². The standard InChI is InChI=1S/C15H16ClNO/c1-18-11-13-5-3-7-15(9-13)17-10-12-4-2-6-14(16)8-12/h2-9,17H,10-11H2,1H3. The molecule has 0 spiro atoms. The Morgan fingerprint density at radius 3 is 2.61 bits per heavy atom. The minimum absolute atomic E-state index is 0.632. The Morgan fingerprint density at radius 2 is 1.83 bits per heavy atom. The summed E-state index contributed by atoms with van der Waals surface area (Å²) in [6, 6.07) is 16.1. The Labute approximate surface area is 113 Å². The van der Waals surface area contributed by atoms with Gasteiger partial charge in [0, 0.05) is 24.4 Å². The van der Waals surface area contributed by atoms with E-state index < -0.39 is 0 Å². The van der Waals surface area contributed by atoms with Gasteiger partial charge in [0.05, 0.1) is 6.61 Å². The average molecular weight is 262 g/mol. The molecule has 0 bridgehead atoms. The highest BCUT2D eigenvalue weighted by Gasteiger charge is 1.97. The van der Waals surface area contributed by atoms with Gasteiger partial charge in [0.1, 0.15) is 0 Å². The number of methoxy groups -OCH3 is 1. The first-order chi connectivity index (χ1) is 8.78. The summed E-state index contributed by atoms with van der Waals surface area (Å²) in [6.07, 6.45) is 0. The van der Waals surface area contributed by atoms with Crippen LogP contribution in [0.2, 0.25) is 5.02 Å². The Bertz CT molecular complexity index is 513. The third-order valence-corrected chi connectivity index (χ3v) is 2.86. The molecule has 1 N–H and O–H groups in total. The molecule has 0 saturated carbocycles. The second-order valence-electron chi connectivity index (χ2n) is 4.12. The van der Waals surface area contributed by atoms with Crippen molar-refractivity contribution in [2.45, 2.75) is 13.2 Å². The lowest BCUT2D eigenvalue weighted by Gasteiger charge is -2.08. The van der Waals surface area contributed by atoms with E-state index >= 15 is 0 Å². The van der Waals surface area contributed by atoms with Crippen LogP contribution in [0.25, 0.3) is 0 Å². The fourth-order valence-electron chi connectivity index (χ4n) is 1.79. The first-order valence-corrected chi connectivity index (χ1v) is 6.22. The van der Waals surface area contributed by atoms with E-state index in [1.165, 1.54) is 5.56 Å². The van der Waals surface area contributed by atoms with E-state index in [4.69, 9.17) is 16.3 Å². The number of nitrogens with one attached hydrogen (secondary N) is 1. The molecule has 0 aliphatic carbocycles. The number of halogens is 1. The first kappa shape index (κ1) is 12.9. The maximum absolute atomic E-state index is 5.95. The molecule has 0 aliphatic rings. The summed E-state index contributed by atoms with van der Waals surface area (Å²) in [5.41, 5.74) is 3.41.